The Labute approximate surface area is 119 Å². The molecule has 3 nitrogen and oxygen atoms in total. The number of aromatic nitrogens is 3. The molecule has 3 rings (SSSR count). The summed E-state index contributed by atoms with van der Waals surface area (Å²) in [5.41, 5.74) is 5.72. The predicted octanol–water partition coefficient (Wildman–Crippen LogP) is 4.07. The minimum Gasteiger partial charge on any atom is -0.268 e. The minimum absolute atomic E-state index is 0.441. The van der Waals surface area contributed by atoms with E-state index in [1.54, 1.807) is 0 Å². The maximum Gasteiger partial charge on any atom is 0.0734 e. The fraction of sp³-hybridized carbons (Fsp3) is 0.294. The third kappa shape index (κ3) is 2.09. The molecule has 0 spiro atoms. The van der Waals surface area contributed by atoms with Crippen molar-refractivity contribution in [1.29, 1.82) is 0 Å². The molecule has 0 atom stereocenters. The van der Waals surface area contributed by atoms with E-state index in [2.05, 4.69) is 56.2 Å². The van der Waals surface area contributed by atoms with E-state index in [1.165, 1.54) is 5.56 Å². The van der Waals surface area contributed by atoms with Gasteiger partial charge in [-0.05, 0) is 36.6 Å². The molecule has 0 unspecified atom stereocenters. The Morgan fingerprint density at radius 3 is 2.65 bits per heavy atom. The minimum atomic E-state index is 0.441. The van der Waals surface area contributed by atoms with Gasteiger partial charge < -0.3 is 0 Å². The molecule has 0 radical (unpaired) electrons. The number of pyridine rings is 1. The van der Waals surface area contributed by atoms with Crippen molar-refractivity contribution in [3.63, 3.8) is 0 Å². The molecule has 3 aromatic rings. The largest absolute Gasteiger partial charge is 0.268 e. The lowest BCUT2D eigenvalue weighted by molar-refractivity contribution is 0.797. The maximum atomic E-state index is 4.83. The lowest BCUT2D eigenvalue weighted by Crippen LogP contribution is -1.97. The Hall–Kier alpha value is -2.16. The monoisotopic (exact) mass is 265 g/mol. The Balaban J connectivity index is 2.16. The summed E-state index contributed by atoms with van der Waals surface area (Å²) in [6.45, 7) is 6.46. The van der Waals surface area contributed by atoms with Gasteiger partial charge in [-0.25, -0.2) is 0 Å². The van der Waals surface area contributed by atoms with Crippen LogP contribution < -0.4 is 0 Å². The summed E-state index contributed by atoms with van der Waals surface area (Å²) < 4.78 is 1.89. The molecule has 0 bridgehead atoms. The standard InChI is InChI=1S/C17H19N3/c1-11(2)15-7-5-12(3)17(19-15)13-6-8-16-14(9-13)10-18-20(16)4/h5-11H,1-4H3. The SMILES string of the molecule is Cc1ccc(C(C)C)nc1-c1ccc2c(cnn2C)c1. The van der Waals surface area contributed by atoms with Gasteiger partial charge in [0.2, 0.25) is 0 Å². The predicted molar refractivity (Wildman–Crippen MR) is 82.8 cm³/mol. The van der Waals surface area contributed by atoms with Crippen LogP contribution >= 0.6 is 0 Å². The molecule has 102 valence electrons. The number of benzene rings is 1. The smallest absolute Gasteiger partial charge is 0.0734 e. The molecule has 1 aromatic carbocycles. The summed E-state index contributed by atoms with van der Waals surface area (Å²) >= 11 is 0. The van der Waals surface area contributed by atoms with Crippen LogP contribution in [-0.2, 0) is 7.05 Å². The van der Waals surface area contributed by atoms with Crippen molar-refractivity contribution >= 4 is 10.9 Å². The van der Waals surface area contributed by atoms with Gasteiger partial charge in [0.1, 0.15) is 0 Å². The highest BCUT2D eigenvalue weighted by Gasteiger charge is 2.09. The lowest BCUT2D eigenvalue weighted by Gasteiger charge is -2.10. The second kappa shape index (κ2) is 4.75. The van der Waals surface area contributed by atoms with E-state index in [0.717, 1.165) is 27.9 Å². The molecular formula is C17H19N3. The molecule has 0 saturated carbocycles. The van der Waals surface area contributed by atoms with Crippen LogP contribution in [0.3, 0.4) is 0 Å². The van der Waals surface area contributed by atoms with Gasteiger partial charge in [0.05, 0.1) is 17.4 Å². The first-order valence-electron chi connectivity index (χ1n) is 6.96. The van der Waals surface area contributed by atoms with Crippen molar-refractivity contribution in [2.75, 3.05) is 0 Å². The third-order valence-corrected chi connectivity index (χ3v) is 3.73. The summed E-state index contributed by atoms with van der Waals surface area (Å²) in [5, 5.41) is 5.45. The average Bonchev–Trinajstić information content (AvgIpc) is 2.80. The first-order chi connectivity index (χ1) is 9.56. The zero-order valence-electron chi connectivity index (χ0n) is 12.4. The molecule has 0 fully saturated rings. The van der Waals surface area contributed by atoms with Crippen molar-refractivity contribution in [2.45, 2.75) is 26.7 Å². The van der Waals surface area contributed by atoms with Gasteiger partial charge in [0, 0.05) is 23.7 Å². The van der Waals surface area contributed by atoms with Crippen molar-refractivity contribution < 1.29 is 0 Å². The van der Waals surface area contributed by atoms with Gasteiger partial charge in [-0.3, -0.25) is 9.67 Å². The molecule has 0 N–H and O–H groups in total. The zero-order valence-corrected chi connectivity index (χ0v) is 12.4. The van der Waals surface area contributed by atoms with Gasteiger partial charge in [-0.1, -0.05) is 26.0 Å². The van der Waals surface area contributed by atoms with Crippen LogP contribution in [0.25, 0.3) is 22.2 Å². The lowest BCUT2D eigenvalue weighted by atomic mass is 10.0. The summed E-state index contributed by atoms with van der Waals surface area (Å²) in [4.78, 5) is 4.83. The molecule has 0 aliphatic rings. The molecule has 3 heteroatoms. The fourth-order valence-corrected chi connectivity index (χ4v) is 2.47. The number of nitrogens with zero attached hydrogens (tertiary/aromatic N) is 3. The maximum absolute atomic E-state index is 4.83. The van der Waals surface area contributed by atoms with Crippen LogP contribution in [0.15, 0.2) is 36.5 Å². The van der Waals surface area contributed by atoms with Crippen molar-refractivity contribution in [2.24, 2.45) is 7.05 Å². The number of rotatable bonds is 2. The van der Waals surface area contributed by atoms with E-state index in [9.17, 15) is 0 Å². The number of hydrogen-bond donors (Lipinski definition) is 0. The quantitative estimate of drug-likeness (QED) is 0.699. The highest BCUT2D eigenvalue weighted by atomic mass is 15.2. The number of fused-ring (bicyclic) bond motifs is 1. The summed E-state index contributed by atoms with van der Waals surface area (Å²) in [6.07, 6.45) is 1.90. The van der Waals surface area contributed by atoms with Crippen molar-refractivity contribution in [3.05, 3.63) is 47.8 Å². The highest BCUT2D eigenvalue weighted by Crippen LogP contribution is 2.27. The molecule has 0 saturated heterocycles. The van der Waals surface area contributed by atoms with Crippen LogP contribution in [0.4, 0.5) is 0 Å². The Bertz CT molecular complexity index is 769. The van der Waals surface area contributed by atoms with Gasteiger partial charge >= 0.3 is 0 Å². The second-order valence-electron chi connectivity index (χ2n) is 5.60. The van der Waals surface area contributed by atoms with Gasteiger partial charge in [-0.15, -0.1) is 0 Å². The van der Waals surface area contributed by atoms with E-state index < -0.39 is 0 Å². The van der Waals surface area contributed by atoms with Gasteiger partial charge in [0.15, 0.2) is 0 Å². The third-order valence-electron chi connectivity index (χ3n) is 3.73. The molecule has 0 amide bonds. The summed E-state index contributed by atoms with van der Waals surface area (Å²) in [5.74, 6) is 0.441. The van der Waals surface area contributed by atoms with Crippen LogP contribution in [0, 0.1) is 6.92 Å². The zero-order chi connectivity index (χ0) is 14.3. The molecule has 20 heavy (non-hydrogen) atoms. The number of hydrogen-bond acceptors (Lipinski definition) is 2. The van der Waals surface area contributed by atoms with Crippen LogP contribution in [0.5, 0.6) is 0 Å². The topological polar surface area (TPSA) is 30.7 Å². The van der Waals surface area contributed by atoms with Crippen LogP contribution in [0.1, 0.15) is 31.0 Å². The molecule has 0 aliphatic carbocycles. The Morgan fingerprint density at radius 2 is 1.90 bits per heavy atom. The first kappa shape index (κ1) is 12.9. The van der Waals surface area contributed by atoms with Crippen molar-refractivity contribution in [3.8, 4) is 11.3 Å². The number of aryl methyl sites for hydroxylation is 2. The van der Waals surface area contributed by atoms with E-state index in [1.807, 2.05) is 17.9 Å². The first-order valence-corrected chi connectivity index (χ1v) is 6.96. The van der Waals surface area contributed by atoms with Crippen LogP contribution in [0.2, 0.25) is 0 Å². The molecular weight excluding hydrogens is 246 g/mol. The Morgan fingerprint density at radius 1 is 1.10 bits per heavy atom. The van der Waals surface area contributed by atoms with E-state index >= 15 is 0 Å². The molecule has 0 aliphatic heterocycles. The molecule has 2 aromatic heterocycles. The average molecular weight is 265 g/mol. The fourth-order valence-electron chi connectivity index (χ4n) is 2.47. The normalized spacial score (nSPS) is 11.4. The summed E-state index contributed by atoms with van der Waals surface area (Å²) in [6, 6.07) is 10.7. The van der Waals surface area contributed by atoms with E-state index in [-0.39, 0.29) is 0 Å². The van der Waals surface area contributed by atoms with E-state index in [0.29, 0.717) is 5.92 Å². The highest BCUT2D eigenvalue weighted by molar-refractivity contribution is 5.84. The van der Waals surface area contributed by atoms with Crippen molar-refractivity contribution in [1.82, 2.24) is 14.8 Å². The van der Waals surface area contributed by atoms with Crippen LogP contribution in [-0.4, -0.2) is 14.8 Å². The van der Waals surface area contributed by atoms with Gasteiger partial charge in [-0.2, -0.15) is 5.10 Å². The second-order valence-corrected chi connectivity index (χ2v) is 5.60. The molecule has 2 heterocycles. The summed E-state index contributed by atoms with van der Waals surface area (Å²) in [7, 11) is 1.96. The van der Waals surface area contributed by atoms with Gasteiger partial charge in [0.25, 0.3) is 0 Å². The Kier molecular flexibility index (Phi) is 3.05. The van der Waals surface area contributed by atoms with E-state index in [4.69, 9.17) is 4.98 Å².